The Labute approximate surface area is 140 Å². The second-order valence-corrected chi connectivity index (χ2v) is 6.14. The van der Waals surface area contributed by atoms with Crippen LogP contribution in [0.3, 0.4) is 0 Å². The highest BCUT2D eigenvalue weighted by atomic mass is 16.5. The lowest BCUT2D eigenvalue weighted by molar-refractivity contribution is 0.230. The summed E-state index contributed by atoms with van der Waals surface area (Å²) in [4.78, 5) is 14.7. The fourth-order valence-corrected chi connectivity index (χ4v) is 2.67. The van der Waals surface area contributed by atoms with Crippen molar-refractivity contribution in [1.82, 2.24) is 25.1 Å². The number of nitrogens with one attached hydrogen (secondary N) is 1. The zero-order chi connectivity index (χ0) is 16.9. The van der Waals surface area contributed by atoms with Crippen molar-refractivity contribution in [3.8, 4) is 11.8 Å². The van der Waals surface area contributed by atoms with Gasteiger partial charge in [0.05, 0.1) is 6.04 Å². The number of carbonyl (C=O) groups excluding carboxylic acids is 1. The Morgan fingerprint density at radius 2 is 1.92 bits per heavy atom. The van der Waals surface area contributed by atoms with Crippen LogP contribution in [-0.2, 0) is 0 Å². The predicted molar refractivity (Wildman–Crippen MR) is 89.2 cm³/mol. The van der Waals surface area contributed by atoms with E-state index in [1.165, 1.54) is 24.2 Å². The van der Waals surface area contributed by atoms with Gasteiger partial charge in [0.15, 0.2) is 0 Å². The van der Waals surface area contributed by atoms with Gasteiger partial charge in [0, 0.05) is 19.8 Å². The Kier molecular flexibility index (Phi) is 4.93. The highest BCUT2D eigenvalue weighted by molar-refractivity contribution is 5.88. The molecule has 24 heavy (non-hydrogen) atoms. The number of anilines is 1. The number of benzene rings is 1. The van der Waals surface area contributed by atoms with Crippen molar-refractivity contribution in [3.63, 3.8) is 0 Å². The smallest absolute Gasteiger partial charge is 0.361 e. The van der Waals surface area contributed by atoms with E-state index in [1.807, 2.05) is 0 Å². The van der Waals surface area contributed by atoms with Crippen LogP contribution in [0.15, 0.2) is 24.3 Å². The zero-order valence-electron chi connectivity index (χ0n) is 14.0. The molecular weight excluding hydrogens is 308 g/mol. The van der Waals surface area contributed by atoms with Crippen LogP contribution in [0.5, 0.6) is 11.8 Å². The quantitative estimate of drug-likeness (QED) is 0.931. The van der Waals surface area contributed by atoms with Gasteiger partial charge in [-0.25, -0.2) is 4.79 Å². The fraction of sp³-hybridized carbons (Fsp3) is 0.500. The summed E-state index contributed by atoms with van der Waals surface area (Å²) in [5.41, 5.74) is 0.694. The Balaban J connectivity index is 1.60. The number of nitrogens with zero attached hydrogens (tertiary/aromatic N) is 5. The van der Waals surface area contributed by atoms with Gasteiger partial charge >= 0.3 is 12.0 Å². The number of hydrogen-bond acceptors (Lipinski definition) is 5. The van der Waals surface area contributed by atoms with Gasteiger partial charge in [-0.15, -0.1) is 0 Å². The van der Waals surface area contributed by atoms with Crippen LogP contribution in [0.2, 0.25) is 0 Å². The van der Waals surface area contributed by atoms with Crippen LogP contribution in [0, 0.1) is 0 Å². The molecule has 1 fully saturated rings. The highest BCUT2D eigenvalue weighted by Crippen LogP contribution is 2.27. The molecule has 1 aromatic carbocycles. The maximum atomic E-state index is 11.6. The summed E-state index contributed by atoms with van der Waals surface area (Å²) >= 11 is 0. The van der Waals surface area contributed by atoms with Gasteiger partial charge < -0.3 is 15.0 Å². The van der Waals surface area contributed by atoms with E-state index in [2.05, 4.69) is 20.7 Å². The number of hydrogen-bond donors (Lipinski definition) is 1. The minimum absolute atomic E-state index is 0.180. The van der Waals surface area contributed by atoms with Crippen molar-refractivity contribution >= 4 is 11.7 Å². The molecule has 8 heteroatoms. The van der Waals surface area contributed by atoms with Gasteiger partial charge in [-0.05, 0) is 42.3 Å². The molecule has 1 aliphatic rings. The minimum Gasteiger partial charge on any atom is -0.422 e. The van der Waals surface area contributed by atoms with Crippen LogP contribution < -0.4 is 10.1 Å². The van der Waals surface area contributed by atoms with Crippen LogP contribution in [0.25, 0.3) is 0 Å². The first-order valence-corrected chi connectivity index (χ1v) is 8.17. The third-order valence-corrected chi connectivity index (χ3v) is 4.03. The van der Waals surface area contributed by atoms with E-state index in [0.717, 1.165) is 12.8 Å². The van der Waals surface area contributed by atoms with Crippen LogP contribution in [0.1, 0.15) is 38.1 Å². The SMILES string of the molecule is CN(C)C(=O)Nc1ccc(Oc2nnn(C3CCCCC3)n2)cc1. The van der Waals surface area contributed by atoms with Crippen molar-refractivity contribution < 1.29 is 9.53 Å². The molecule has 1 saturated carbocycles. The second-order valence-electron chi connectivity index (χ2n) is 6.14. The normalized spacial score (nSPS) is 15.1. The number of carbonyl (C=O) groups is 1. The average molecular weight is 330 g/mol. The third kappa shape index (κ3) is 4.01. The molecule has 1 aliphatic carbocycles. The molecule has 3 rings (SSSR count). The molecule has 128 valence electrons. The molecule has 0 radical (unpaired) electrons. The van der Waals surface area contributed by atoms with Gasteiger partial charge in [0.25, 0.3) is 0 Å². The Hall–Kier alpha value is -2.64. The van der Waals surface area contributed by atoms with E-state index in [4.69, 9.17) is 4.74 Å². The first-order chi connectivity index (χ1) is 11.6. The standard InChI is InChI=1S/C16H22N6O2/c1-21(2)16(23)17-12-8-10-14(11-9-12)24-15-18-20-22(19-15)13-6-4-3-5-7-13/h8-11,13H,3-7H2,1-2H3,(H,17,23). The van der Waals surface area contributed by atoms with E-state index in [0.29, 0.717) is 17.5 Å². The number of amides is 2. The summed E-state index contributed by atoms with van der Waals surface area (Å²) in [7, 11) is 3.38. The predicted octanol–water partition coefficient (Wildman–Crippen LogP) is 3.06. The summed E-state index contributed by atoms with van der Waals surface area (Å²) in [5.74, 6) is 0.598. The van der Waals surface area contributed by atoms with Crippen LogP contribution in [0.4, 0.5) is 10.5 Å². The summed E-state index contributed by atoms with van der Waals surface area (Å²) in [5, 5.41) is 15.1. The zero-order valence-corrected chi connectivity index (χ0v) is 14.0. The van der Waals surface area contributed by atoms with E-state index in [9.17, 15) is 4.79 Å². The molecule has 0 aliphatic heterocycles. The second kappa shape index (κ2) is 7.29. The Bertz CT molecular complexity index is 676. The maximum absolute atomic E-state index is 11.6. The average Bonchev–Trinajstić information content (AvgIpc) is 3.06. The molecule has 0 spiro atoms. The number of urea groups is 1. The van der Waals surface area contributed by atoms with E-state index in [1.54, 1.807) is 43.2 Å². The van der Waals surface area contributed by atoms with E-state index in [-0.39, 0.29) is 12.0 Å². The first kappa shape index (κ1) is 16.2. The lowest BCUT2D eigenvalue weighted by Gasteiger charge is -2.19. The molecule has 1 heterocycles. The molecule has 2 amide bonds. The Morgan fingerprint density at radius 3 is 2.58 bits per heavy atom. The van der Waals surface area contributed by atoms with Crippen molar-refractivity contribution in [3.05, 3.63) is 24.3 Å². The lowest BCUT2D eigenvalue weighted by Crippen LogP contribution is -2.27. The first-order valence-electron chi connectivity index (χ1n) is 8.17. The molecule has 1 aromatic heterocycles. The summed E-state index contributed by atoms with van der Waals surface area (Å²) in [6.45, 7) is 0. The van der Waals surface area contributed by atoms with Crippen molar-refractivity contribution in [2.75, 3.05) is 19.4 Å². The van der Waals surface area contributed by atoms with Gasteiger partial charge in [0.2, 0.25) is 0 Å². The molecule has 8 nitrogen and oxygen atoms in total. The number of tetrazole rings is 1. The van der Waals surface area contributed by atoms with Gasteiger partial charge in [-0.3, -0.25) is 0 Å². The topological polar surface area (TPSA) is 85.2 Å². The summed E-state index contributed by atoms with van der Waals surface area (Å²) in [6.07, 6.45) is 5.89. The van der Waals surface area contributed by atoms with Crippen LogP contribution >= 0.6 is 0 Å². The van der Waals surface area contributed by atoms with Gasteiger partial charge in [0.1, 0.15) is 5.75 Å². The minimum atomic E-state index is -0.180. The van der Waals surface area contributed by atoms with Crippen LogP contribution in [-0.4, -0.2) is 45.2 Å². The highest BCUT2D eigenvalue weighted by Gasteiger charge is 2.18. The molecule has 0 atom stereocenters. The number of ether oxygens (including phenoxy) is 1. The number of aromatic nitrogens is 4. The van der Waals surface area contributed by atoms with Crippen molar-refractivity contribution in [1.29, 1.82) is 0 Å². The monoisotopic (exact) mass is 330 g/mol. The fourth-order valence-electron chi connectivity index (χ4n) is 2.67. The summed E-state index contributed by atoms with van der Waals surface area (Å²) in [6, 6.07) is 7.43. The van der Waals surface area contributed by atoms with E-state index < -0.39 is 0 Å². The summed E-state index contributed by atoms with van der Waals surface area (Å²) < 4.78 is 5.63. The van der Waals surface area contributed by atoms with Crippen molar-refractivity contribution in [2.24, 2.45) is 0 Å². The maximum Gasteiger partial charge on any atom is 0.361 e. The molecule has 2 aromatic rings. The molecule has 0 bridgehead atoms. The molecule has 1 N–H and O–H groups in total. The third-order valence-electron chi connectivity index (χ3n) is 4.03. The lowest BCUT2D eigenvalue weighted by atomic mass is 9.96. The molecule has 0 unspecified atom stereocenters. The van der Waals surface area contributed by atoms with Gasteiger partial charge in [-0.1, -0.05) is 29.5 Å². The van der Waals surface area contributed by atoms with E-state index >= 15 is 0 Å². The van der Waals surface area contributed by atoms with Crippen molar-refractivity contribution in [2.45, 2.75) is 38.1 Å². The molecule has 0 saturated heterocycles. The Morgan fingerprint density at radius 1 is 1.21 bits per heavy atom. The molecular formula is C16H22N6O2. The largest absolute Gasteiger partial charge is 0.422 e. The van der Waals surface area contributed by atoms with Gasteiger partial charge in [-0.2, -0.15) is 4.80 Å². The number of rotatable bonds is 4.